The molecule has 7 heteroatoms. The van der Waals surface area contributed by atoms with Crippen LogP contribution in [0.3, 0.4) is 0 Å². The number of carbonyl (C=O) groups excluding carboxylic acids is 1. The van der Waals surface area contributed by atoms with Gasteiger partial charge in [-0.2, -0.15) is 0 Å². The molecule has 1 aliphatic heterocycles. The number of hydrogen-bond donors (Lipinski definition) is 2. The number of amides is 2. The number of urea groups is 1. The number of fused-ring (bicyclic) bond motifs is 1. The molecule has 104 valence electrons. The molecule has 2 N–H and O–H groups in total. The molecule has 20 heavy (non-hydrogen) atoms. The first-order valence-corrected chi connectivity index (χ1v) is 6.10. The molecule has 2 heterocycles. The number of aromatic nitrogens is 1. The Labute approximate surface area is 114 Å². The van der Waals surface area contributed by atoms with E-state index in [0.29, 0.717) is 22.9 Å². The Morgan fingerprint density at radius 1 is 1.30 bits per heavy atom. The fourth-order valence-corrected chi connectivity index (χ4v) is 1.86. The van der Waals surface area contributed by atoms with E-state index in [1.54, 1.807) is 24.3 Å². The summed E-state index contributed by atoms with van der Waals surface area (Å²) in [5.41, 5.74) is 1.28. The van der Waals surface area contributed by atoms with E-state index in [0.717, 1.165) is 0 Å². The van der Waals surface area contributed by atoms with Crippen LogP contribution in [0.2, 0.25) is 0 Å². The Hall–Kier alpha value is -2.70. The summed E-state index contributed by atoms with van der Waals surface area (Å²) in [7, 11) is 0. The molecule has 7 nitrogen and oxygen atoms in total. The van der Waals surface area contributed by atoms with Gasteiger partial charge in [0.25, 0.3) is 0 Å². The van der Waals surface area contributed by atoms with E-state index in [9.17, 15) is 4.79 Å². The summed E-state index contributed by atoms with van der Waals surface area (Å²) in [5.74, 6) is 1.29. The van der Waals surface area contributed by atoms with Gasteiger partial charge in [-0.3, -0.25) is 0 Å². The van der Waals surface area contributed by atoms with Gasteiger partial charge in [0.1, 0.15) is 12.0 Å². The van der Waals surface area contributed by atoms with Gasteiger partial charge in [-0.15, -0.1) is 0 Å². The highest BCUT2D eigenvalue weighted by molar-refractivity contribution is 5.89. The van der Waals surface area contributed by atoms with Crippen LogP contribution in [0, 0.1) is 0 Å². The summed E-state index contributed by atoms with van der Waals surface area (Å²) >= 11 is 0. The number of rotatable bonds is 3. The number of nitrogens with one attached hydrogen (secondary N) is 2. The largest absolute Gasteiger partial charge is 0.454 e. The summed E-state index contributed by atoms with van der Waals surface area (Å²) in [6.45, 7) is 2.02. The zero-order chi connectivity index (χ0) is 13.9. The van der Waals surface area contributed by atoms with Crippen LogP contribution in [0.5, 0.6) is 11.5 Å². The van der Waals surface area contributed by atoms with Gasteiger partial charge in [-0.05, 0) is 19.1 Å². The van der Waals surface area contributed by atoms with E-state index in [-0.39, 0.29) is 18.9 Å². The smallest absolute Gasteiger partial charge is 0.319 e. The molecule has 0 radical (unpaired) electrons. The molecule has 2 amide bonds. The average molecular weight is 275 g/mol. The van der Waals surface area contributed by atoms with Crippen molar-refractivity contribution < 1.29 is 18.8 Å². The zero-order valence-corrected chi connectivity index (χ0v) is 10.8. The van der Waals surface area contributed by atoms with Crippen molar-refractivity contribution in [3.63, 3.8) is 0 Å². The van der Waals surface area contributed by atoms with Gasteiger partial charge < -0.3 is 24.6 Å². The third kappa shape index (κ3) is 2.51. The highest BCUT2D eigenvalue weighted by Crippen LogP contribution is 2.34. The molecule has 2 aromatic rings. The molecule has 0 bridgehead atoms. The fraction of sp³-hybridized carbons (Fsp3) is 0.231. The van der Waals surface area contributed by atoms with Gasteiger partial charge in [-0.1, -0.05) is 5.16 Å². The summed E-state index contributed by atoms with van der Waals surface area (Å²) in [5, 5.41) is 9.24. The first-order valence-electron chi connectivity index (χ1n) is 6.10. The minimum absolute atomic E-state index is 0.203. The van der Waals surface area contributed by atoms with E-state index < -0.39 is 0 Å². The molecule has 0 fully saturated rings. The van der Waals surface area contributed by atoms with Crippen molar-refractivity contribution >= 4 is 11.7 Å². The molecular formula is C13H13N3O4. The second kappa shape index (κ2) is 5.12. The predicted molar refractivity (Wildman–Crippen MR) is 69.6 cm³/mol. The maximum atomic E-state index is 11.9. The van der Waals surface area contributed by atoms with Crippen LogP contribution in [-0.4, -0.2) is 18.0 Å². The van der Waals surface area contributed by atoms with Crippen molar-refractivity contribution in [1.29, 1.82) is 0 Å². The van der Waals surface area contributed by atoms with Crippen molar-refractivity contribution in [2.45, 2.75) is 13.0 Å². The highest BCUT2D eigenvalue weighted by atomic mass is 16.7. The van der Waals surface area contributed by atoms with Crippen molar-refractivity contribution in [2.75, 3.05) is 12.1 Å². The highest BCUT2D eigenvalue weighted by Gasteiger charge is 2.15. The molecule has 1 unspecified atom stereocenters. The van der Waals surface area contributed by atoms with Gasteiger partial charge in [0.15, 0.2) is 11.5 Å². The van der Waals surface area contributed by atoms with Crippen molar-refractivity contribution in [3.8, 4) is 11.5 Å². The van der Waals surface area contributed by atoms with E-state index in [1.165, 1.54) is 6.26 Å². The molecule has 1 aromatic carbocycles. The standard InChI is InChI=1S/C13H13N3O4/c1-8(10-4-5-20-16-10)14-13(17)15-9-2-3-11-12(6-9)19-7-18-11/h2-6,8H,7H2,1H3,(H2,14,15,17). The number of nitrogens with zero attached hydrogens (tertiary/aromatic N) is 1. The van der Waals surface area contributed by atoms with Crippen LogP contribution in [0.1, 0.15) is 18.7 Å². The predicted octanol–water partition coefficient (Wildman–Crippen LogP) is 2.29. The second-order valence-corrected chi connectivity index (χ2v) is 4.31. The number of benzene rings is 1. The average Bonchev–Trinajstić information content (AvgIpc) is 3.09. The number of anilines is 1. The normalized spacial score (nSPS) is 13.8. The molecule has 1 atom stereocenters. The topological polar surface area (TPSA) is 85.6 Å². The second-order valence-electron chi connectivity index (χ2n) is 4.31. The van der Waals surface area contributed by atoms with Gasteiger partial charge in [-0.25, -0.2) is 4.79 Å². The maximum Gasteiger partial charge on any atom is 0.319 e. The lowest BCUT2D eigenvalue weighted by molar-refractivity contribution is 0.174. The molecular weight excluding hydrogens is 262 g/mol. The zero-order valence-electron chi connectivity index (χ0n) is 10.8. The minimum atomic E-state index is -0.334. The van der Waals surface area contributed by atoms with Crippen LogP contribution in [0.4, 0.5) is 10.5 Å². The third-order valence-electron chi connectivity index (χ3n) is 2.88. The van der Waals surface area contributed by atoms with Crippen LogP contribution in [-0.2, 0) is 0 Å². The van der Waals surface area contributed by atoms with Gasteiger partial charge in [0.2, 0.25) is 6.79 Å². The van der Waals surface area contributed by atoms with Gasteiger partial charge in [0.05, 0.1) is 6.04 Å². The lowest BCUT2D eigenvalue weighted by Crippen LogP contribution is -2.31. The summed E-state index contributed by atoms with van der Waals surface area (Å²) in [4.78, 5) is 11.9. The Bertz CT molecular complexity index is 612. The Morgan fingerprint density at radius 3 is 2.95 bits per heavy atom. The Balaban J connectivity index is 1.61. The lowest BCUT2D eigenvalue weighted by atomic mass is 10.2. The van der Waals surface area contributed by atoms with Crippen molar-refractivity contribution in [1.82, 2.24) is 10.5 Å². The molecule has 0 saturated heterocycles. The Kier molecular flexibility index (Phi) is 3.16. The SMILES string of the molecule is CC(NC(=O)Nc1ccc2c(c1)OCO2)c1ccon1. The van der Waals surface area contributed by atoms with Crippen LogP contribution in [0.25, 0.3) is 0 Å². The minimum Gasteiger partial charge on any atom is -0.454 e. The van der Waals surface area contributed by atoms with E-state index in [1.807, 2.05) is 6.92 Å². The summed E-state index contributed by atoms with van der Waals surface area (Å²) in [6.07, 6.45) is 1.46. The van der Waals surface area contributed by atoms with Crippen LogP contribution in [0.15, 0.2) is 35.1 Å². The number of ether oxygens (including phenoxy) is 2. The summed E-state index contributed by atoms with van der Waals surface area (Å²) < 4.78 is 15.2. The molecule has 0 aliphatic carbocycles. The van der Waals surface area contributed by atoms with Crippen molar-refractivity contribution in [3.05, 3.63) is 36.2 Å². The molecule has 1 aromatic heterocycles. The molecule has 0 spiro atoms. The monoisotopic (exact) mass is 275 g/mol. The molecule has 1 aliphatic rings. The lowest BCUT2D eigenvalue weighted by Gasteiger charge is -2.12. The van der Waals surface area contributed by atoms with E-state index in [2.05, 4.69) is 15.8 Å². The third-order valence-corrected chi connectivity index (χ3v) is 2.88. The van der Waals surface area contributed by atoms with Crippen LogP contribution >= 0.6 is 0 Å². The van der Waals surface area contributed by atoms with Gasteiger partial charge in [0, 0.05) is 17.8 Å². The Morgan fingerprint density at radius 2 is 2.15 bits per heavy atom. The number of hydrogen-bond acceptors (Lipinski definition) is 5. The summed E-state index contributed by atoms with van der Waals surface area (Å²) in [6, 6.07) is 6.32. The van der Waals surface area contributed by atoms with Crippen molar-refractivity contribution in [2.24, 2.45) is 0 Å². The molecule has 0 saturated carbocycles. The first-order chi connectivity index (χ1) is 9.72. The maximum absolute atomic E-state index is 11.9. The fourth-order valence-electron chi connectivity index (χ4n) is 1.86. The molecule has 3 rings (SSSR count). The quantitative estimate of drug-likeness (QED) is 0.897. The van der Waals surface area contributed by atoms with E-state index >= 15 is 0 Å². The van der Waals surface area contributed by atoms with E-state index in [4.69, 9.17) is 14.0 Å². The number of carbonyl (C=O) groups is 1. The first kappa shape index (κ1) is 12.3. The van der Waals surface area contributed by atoms with Crippen LogP contribution < -0.4 is 20.1 Å². The van der Waals surface area contributed by atoms with Gasteiger partial charge >= 0.3 is 6.03 Å².